The molecule has 1 amide bonds. The molecule has 4 nitrogen and oxygen atoms in total. The summed E-state index contributed by atoms with van der Waals surface area (Å²) in [6, 6.07) is 8.40. The molecule has 2 heterocycles. The Morgan fingerprint density at radius 2 is 2.10 bits per heavy atom. The van der Waals surface area contributed by atoms with Gasteiger partial charge in [-0.15, -0.1) is 0 Å². The first kappa shape index (κ1) is 12.6. The molecule has 2 fully saturated rings. The third-order valence-corrected chi connectivity index (χ3v) is 4.66. The first-order valence-electron chi connectivity index (χ1n) is 7.62. The highest BCUT2D eigenvalue weighted by Gasteiger charge is 2.37. The van der Waals surface area contributed by atoms with Gasteiger partial charge in [-0.1, -0.05) is 24.3 Å². The number of ketones is 1. The lowest BCUT2D eigenvalue weighted by molar-refractivity contribution is -0.132. The van der Waals surface area contributed by atoms with Gasteiger partial charge in [-0.25, -0.2) is 0 Å². The van der Waals surface area contributed by atoms with Gasteiger partial charge in [0.15, 0.2) is 5.78 Å². The van der Waals surface area contributed by atoms with E-state index in [1.54, 1.807) is 0 Å². The highest BCUT2D eigenvalue weighted by atomic mass is 16.2. The van der Waals surface area contributed by atoms with Crippen molar-refractivity contribution in [2.24, 2.45) is 5.92 Å². The largest absolute Gasteiger partial charge is 0.378 e. The Balaban J connectivity index is 1.60. The summed E-state index contributed by atoms with van der Waals surface area (Å²) in [7, 11) is 0. The number of piperazine rings is 1. The van der Waals surface area contributed by atoms with Gasteiger partial charge in [0.2, 0.25) is 0 Å². The van der Waals surface area contributed by atoms with E-state index in [0.717, 1.165) is 25.8 Å². The highest BCUT2D eigenvalue weighted by molar-refractivity contribution is 6.03. The monoisotopic (exact) mass is 282 g/mol. The van der Waals surface area contributed by atoms with Gasteiger partial charge in [0.1, 0.15) is 5.70 Å². The SMILES string of the molecule is O=C(C=C1NCC2c3ccccc3CCN2C1=O)C1CC1. The summed E-state index contributed by atoms with van der Waals surface area (Å²) in [5.74, 6) is 0.225. The summed E-state index contributed by atoms with van der Waals surface area (Å²) < 4.78 is 0. The van der Waals surface area contributed by atoms with Crippen LogP contribution in [0.15, 0.2) is 36.0 Å². The van der Waals surface area contributed by atoms with Crippen molar-refractivity contribution in [2.45, 2.75) is 25.3 Å². The smallest absolute Gasteiger partial charge is 0.270 e. The summed E-state index contributed by atoms with van der Waals surface area (Å²) >= 11 is 0. The molecular formula is C17H18N2O2. The van der Waals surface area contributed by atoms with Crippen LogP contribution in [0.4, 0.5) is 0 Å². The fourth-order valence-electron chi connectivity index (χ4n) is 3.29. The summed E-state index contributed by atoms with van der Waals surface area (Å²) in [5, 5.41) is 3.17. The van der Waals surface area contributed by atoms with Crippen LogP contribution < -0.4 is 5.32 Å². The molecular weight excluding hydrogens is 264 g/mol. The van der Waals surface area contributed by atoms with Gasteiger partial charge in [0, 0.05) is 25.1 Å². The minimum atomic E-state index is -0.0326. The fourth-order valence-corrected chi connectivity index (χ4v) is 3.29. The Bertz CT molecular complexity index is 646. The number of benzene rings is 1. The number of nitrogens with zero attached hydrogens (tertiary/aromatic N) is 1. The summed E-state index contributed by atoms with van der Waals surface area (Å²) in [5.41, 5.74) is 3.04. The van der Waals surface area contributed by atoms with Gasteiger partial charge in [-0.2, -0.15) is 0 Å². The molecule has 0 radical (unpaired) electrons. The quantitative estimate of drug-likeness (QED) is 0.838. The zero-order chi connectivity index (χ0) is 14.4. The molecule has 1 atom stereocenters. The molecule has 4 heteroatoms. The molecule has 1 aromatic rings. The molecule has 1 saturated heterocycles. The van der Waals surface area contributed by atoms with Gasteiger partial charge in [-0.3, -0.25) is 9.59 Å². The Labute approximate surface area is 123 Å². The van der Waals surface area contributed by atoms with Gasteiger partial charge in [0.25, 0.3) is 5.91 Å². The zero-order valence-corrected chi connectivity index (χ0v) is 11.8. The molecule has 3 aliphatic rings. The highest BCUT2D eigenvalue weighted by Crippen LogP contribution is 2.34. The second-order valence-corrected chi connectivity index (χ2v) is 6.08. The second kappa shape index (κ2) is 4.72. The maximum absolute atomic E-state index is 12.6. The minimum Gasteiger partial charge on any atom is -0.378 e. The normalized spacial score (nSPS) is 26.1. The second-order valence-electron chi connectivity index (χ2n) is 6.08. The lowest BCUT2D eigenvalue weighted by atomic mass is 9.91. The predicted molar refractivity (Wildman–Crippen MR) is 78.4 cm³/mol. The molecule has 1 saturated carbocycles. The maximum Gasteiger partial charge on any atom is 0.270 e. The number of hydrogen-bond acceptors (Lipinski definition) is 3. The summed E-state index contributed by atoms with van der Waals surface area (Å²) in [6.45, 7) is 1.42. The lowest BCUT2D eigenvalue weighted by Gasteiger charge is -2.41. The number of fused-ring (bicyclic) bond motifs is 3. The van der Waals surface area contributed by atoms with Gasteiger partial charge >= 0.3 is 0 Å². The van der Waals surface area contributed by atoms with Gasteiger partial charge in [0.05, 0.1) is 6.04 Å². The third kappa shape index (κ3) is 2.15. The van der Waals surface area contributed by atoms with E-state index >= 15 is 0 Å². The molecule has 1 aliphatic carbocycles. The average Bonchev–Trinajstić information content (AvgIpc) is 3.34. The van der Waals surface area contributed by atoms with Gasteiger partial charge < -0.3 is 10.2 Å². The molecule has 21 heavy (non-hydrogen) atoms. The molecule has 108 valence electrons. The van der Waals surface area contributed by atoms with Crippen LogP contribution in [0.5, 0.6) is 0 Å². The van der Waals surface area contributed by atoms with E-state index in [1.807, 2.05) is 17.0 Å². The zero-order valence-electron chi connectivity index (χ0n) is 11.8. The van der Waals surface area contributed by atoms with Crippen LogP contribution in [0, 0.1) is 5.92 Å². The minimum absolute atomic E-state index is 0.0326. The average molecular weight is 282 g/mol. The number of nitrogens with one attached hydrogen (secondary N) is 1. The van der Waals surface area contributed by atoms with Crippen LogP contribution in [-0.2, 0) is 16.0 Å². The van der Waals surface area contributed by atoms with Crippen LogP contribution >= 0.6 is 0 Å². The number of allylic oxidation sites excluding steroid dienone is 1. The van der Waals surface area contributed by atoms with Crippen molar-refractivity contribution in [3.05, 3.63) is 47.2 Å². The van der Waals surface area contributed by atoms with Crippen molar-refractivity contribution in [1.82, 2.24) is 10.2 Å². The van der Waals surface area contributed by atoms with E-state index in [0.29, 0.717) is 12.2 Å². The molecule has 1 aromatic carbocycles. The third-order valence-electron chi connectivity index (χ3n) is 4.66. The number of carbonyl (C=O) groups excluding carboxylic acids is 2. The van der Waals surface area contributed by atoms with Crippen molar-refractivity contribution in [3.63, 3.8) is 0 Å². The molecule has 1 N–H and O–H groups in total. The molecule has 4 rings (SSSR count). The maximum atomic E-state index is 12.6. The predicted octanol–water partition coefficient (Wildman–Crippen LogP) is 1.58. The molecule has 1 unspecified atom stereocenters. The van der Waals surface area contributed by atoms with Crippen LogP contribution in [-0.4, -0.2) is 29.7 Å². The van der Waals surface area contributed by atoms with E-state index in [4.69, 9.17) is 0 Å². The molecule has 2 aliphatic heterocycles. The Hall–Kier alpha value is -2.10. The van der Waals surface area contributed by atoms with Crippen molar-refractivity contribution < 1.29 is 9.59 Å². The van der Waals surface area contributed by atoms with E-state index in [-0.39, 0.29) is 23.7 Å². The molecule has 0 bridgehead atoms. The van der Waals surface area contributed by atoms with Gasteiger partial charge in [-0.05, 0) is 30.4 Å². The van der Waals surface area contributed by atoms with Crippen LogP contribution in [0.3, 0.4) is 0 Å². The Morgan fingerprint density at radius 1 is 1.29 bits per heavy atom. The number of hydrogen-bond donors (Lipinski definition) is 1. The Kier molecular flexibility index (Phi) is 2.84. The summed E-state index contributed by atoms with van der Waals surface area (Å²) in [4.78, 5) is 26.4. The molecule has 0 aromatic heterocycles. The van der Waals surface area contributed by atoms with E-state index in [2.05, 4.69) is 17.4 Å². The first-order chi connectivity index (χ1) is 10.2. The topological polar surface area (TPSA) is 49.4 Å². The number of carbonyl (C=O) groups is 2. The lowest BCUT2D eigenvalue weighted by Crippen LogP contribution is -2.51. The van der Waals surface area contributed by atoms with Crippen molar-refractivity contribution in [3.8, 4) is 0 Å². The standard InChI is InChI=1S/C17H18N2O2/c20-16(12-5-6-12)9-14-17(21)19-8-7-11-3-1-2-4-13(11)15(19)10-18-14/h1-4,9,12,15,18H,5-8,10H2. The molecule has 0 spiro atoms. The van der Waals surface area contributed by atoms with E-state index < -0.39 is 0 Å². The van der Waals surface area contributed by atoms with Crippen LogP contribution in [0.1, 0.15) is 30.0 Å². The van der Waals surface area contributed by atoms with Crippen LogP contribution in [0.25, 0.3) is 0 Å². The van der Waals surface area contributed by atoms with Crippen molar-refractivity contribution in [1.29, 1.82) is 0 Å². The number of amides is 1. The van der Waals surface area contributed by atoms with E-state index in [1.165, 1.54) is 17.2 Å². The fraction of sp³-hybridized carbons (Fsp3) is 0.412. The van der Waals surface area contributed by atoms with Crippen molar-refractivity contribution in [2.75, 3.05) is 13.1 Å². The Morgan fingerprint density at radius 3 is 2.90 bits per heavy atom. The number of rotatable bonds is 2. The van der Waals surface area contributed by atoms with Crippen molar-refractivity contribution >= 4 is 11.7 Å². The first-order valence-corrected chi connectivity index (χ1v) is 7.62. The van der Waals surface area contributed by atoms with Crippen LogP contribution in [0.2, 0.25) is 0 Å². The van der Waals surface area contributed by atoms with E-state index in [9.17, 15) is 9.59 Å². The summed E-state index contributed by atoms with van der Waals surface area (Å²) in [6.07, 6.45) is 4.35.